The molecule has 6 nitrogen and oxygen atoms in total. The van der Waals surface area contributed by atoms with E-state index in [1.54, 1.807) is 50.2 Å². The Balaban J connectivity index is 1.79. The molecule has 0 bridgehead atoms. The molecule has 0 spiro atoms. The van der Waals surface area contributed by atoms with Gasteiger partial charge in [-0.1, -0.05) is 30.3 Å². The fourth-order valence-corrected chi connectivity index (χ4v) is 4.42. The van der Waals surface area contributed by atoms with Crippen molar-refractivity contribution in [2.75, 3.05) is 13.7 Å². The Kier molecular flexibility index (Phi) is 8.16. The van der Waals surface area contributed by atoms with Gasteiger partial charge in [0.1, 0.15) is 23.2 Å². The van der Waals surface area contributed by atoms with Crippen LogP contribution < -0.4 is 21.3 Å². The van der Waals surface area contributed by atoms with E-state index < -0.39 is 35.5 Å². The highest BCUT2D eigenvalue weighted by molar-refractivity contribution is 5.66. The number of rotatable bonds is 9. The fraction of sp³-hybridized carbons (Fsp3) is 0.241. The number of nitrogens with one attached hydrogen (secondary N) is 1. The summed E-state index contributed by atoms with van der Waals surface area (Å²) in [5.41, 5.74) is 0.361. The molecule has 0 fully saturated rings. The van der Waals surface area contributed by atoms with Crippen molar-refractivity contribution in [2.24, 2.45) is 0 Å². The van der Waals surface area contributed by atoms with E-state index in [9.17, 15) is 22.8 Å². The lowest BCUT2D eigenvalue weighted by Gasteiger charge is -2.22. The van der Waals surface area contributed by atoms with Crippen molar-refractivity contribution >= 4 is 0 Å². The molecule has 1 atom stereocenters. The zero-order chi connectivity index (χ0) is 27.4. The number of nitrogens with zero attached hydrogens (tertiary/aromatic N) is 2. The highest BCUT2D eigenvalue weighted by atomic mass is 19.1. The minimum atomic E-state index is -0.786. The van der Waals surface area contributed by atoms with E-state index in [0.717, 1.165) is 22.3 Å². The Bertz CT molecular complexity index is 1540. The maximum Gasteiger partial charge on any atom is 0.331 e. The van der Waals surface area contributed by atoms with E-state index in [1.165, 1.54) is 29.9 Å². The fourth-order valence-electron chi connectivity index (χ4n) is 4.42. The van der Waals surface area contributed by atoms with Crippen molar-refractivity contribution in [3.05, 3.63) is 122 Å². The smallest absolute Gasteiger partial charge is 0.331 e. The number of halogens is 3. The van der Waals surface area contributed by atoms with Crippen LogP contribution in [0.3, 0.4) is 0 Å². The normalized spacial score (nSPS) is 11.9. The van der Waals surface area contributed by atoms with Gasteiger partial charge in [-0.2, -0.15) is 0 Å². The summed E-state index contributed by atoms with van der Waals surface area (Å²) < 4.78 is 49.9. The van der Waals surface area contributed by atoms with Crippen LogP contribution in [0, 0.1) is 24.4 Å². The summed E-state index contributed by atoms with van der Waals surface area (Å²) in [6, 6.07) is 15.7. The van der Waals surface area contributed by atoms with Crippen LogP contribution in [0.25, 0.3) is 11.1 Å². The summed E-state index contributed by atoms with van der Waals surface area (Å²) >= 11 is 0. The first-order valence-corrected chi connectivity index (χ1v) is 12.1. The van der Waals surface area contributed by atoms with Crippen molar-refractivity contribution in [1.82, 2.24) is 14.5 Å². The van der Waals surface area contributed by atoms with Crippen LogP contribution in [-0.4, -0.2) is 22.8 Å². The van der Waals surface area contributed by atoms with Crippen LogP contribution in [0.1, 0.15) is 29.8 Å². The van der Waals surface area contributed by atoms with Crippen LogP contribution in [0.5, 0.6) is 5.75 Å². The van der Waals surface area contributed by atoms with Crippen LogP contribution in [0.4, 0.5) is 13.2 Å². The average molecular weight is 524 g/mol. The molecular formula is C29H28F3N3O3. The maximum atomic E-state index is 14.5. The average Bonchev–Trinajstić information content (AvgIpc) is 2.89. The third-order valence-corrected chi connectivity index (χ3v) is 6.50. The number of methoxy groups -OCH3 is 1. The molecule has 0 saturated heterocycles. The standard InChI is InChI=1S/C29H28F3N3O3/c1-18(15-33-16-20-10-12-22(30)13-11-20)35-28(36)27(21-6-4-7-23(14-21)38-3)19(2)34(29(35)37)17-24-25(31)8-5-9-26(24)32/h4-14,18,33H,15-17H2,1-3H3/t18-/m1/s1. The molecule has 38 heavy (non-hydrogen) atoms. The molecule has 1 aromatic heterocycles. The summed E-state index contributed by atoms with van der Waals surface area (Å²) in [6.45, 7) is 3.53. The summed E-state index contributed by atoms with van der Waals surface area (Å²) in [7, 11) is 1.50. The Morgan fingerprint density at radius 2 is 1.61 bits per heavy atom. The number of benzene rings is 3. The monoisotopic (exact) mass is 523 g/mol. The summed E-state index contributed by atoms with van der Waals surface area (Å²) in [4.78, 5) is 27.4. The number of hydrogen-bond acceptors (Lipinski definition) is 4. The van der Waals surface area contributed by atoms with Crippen molar-refractivity contribution in [3.63, 3.8) is 0 Å². The van der Waals surface area contributed by atoms with Gasteiger partial charge in [-0.05, 0) is 61.4 Å². The largest absolute Gasteiger partial charge is 0.497 e. The van der Waals surface area contributed by atoms with Gasteiger partial charge in [0.15, 0.2) is 0 Å². The molecule has 4 aromatic rings. The second kappa shape index (κ2) is 11.5. The predicted molar refractivity (Wildman–Crippen MR) is 140 cm³/mol. The minimum absolute atomic E-state index is 0.227. The number of ether oxygens (including phenoxy) is 1. The molecular weight excluding hydrogens is 495 g/mol. The van der Waals surface area contributed by atoms with Gasteiger partial charge in [0.05, 0.1) is 25.3 Å². The third kappa shape index (κ3) is 5.57. The van der Waals surface area contributed by atoms with Crippen molar-refractivity contribution in [2.45, 2.75) is 33.0 Å². The SMILES string of the molecule is COc1cccc(-c2c(C)n(Cc3c(F)cccc3F)c(=O)n([C@H](C)CNCc3ccc(F)cc3)c2=O)c1. The Hall–Kier alpha value is -4.11. The van der Waals surface area contributed by atoms with Gasteiger partial charge in [0, 0.05) is 24.3 Å². The quantitative estimate of drug-likeness (QED) is 0.342. The van der Waals surface area contributed by atoms with E-state index in [-0.39, 0.29) is 29.2 Å². The summed E-state index contributed by atoms with van der Waals surface area (Å²) in [5.74, 6) is -1.40. The van der Waals surface area contributed by atoms with Crippen molar-refractivity contribution in [3.8, 4) is 16.9 Å². The lowest BCUT2D eigenvalue weighted by atomic mass is 10.0. The van der Waals surface area contributed by atoms with Crippen LogP contribution in [0.2, 0.25) is 0 Å². The molecule has 3 aromatic carbocycles. The molecule has 0 aliphatic heterocycles. The van der Waals surface area contributed by atoms with Crippen LogP contribution in [-0.2, 0) is 13.1 Å². The molecule has 198 valence electrons. The Labute approximate surface area is 217 Å². The number of aromatic nitrogens is 2. The topological polar surface area (TPSA) is 65.3 Å². The first-order valence-electron chi connectivity index (χ1n) is 12.1. The lowest BCUT2D eigenvalue weighted by Crippen LogP contribution is -2.45. The molecule has 0 unspecified atom stereocenters. The highest BCUT2D eigenvalue weighted by Gasteiger charge is 2.23. The second-order valence-electron chi connectivity index (χ2n) is 9.04. The van der Waals surface area contributed by atoms with E-state index >= 15 is 0 Å². The van der Waals surface area contributed by atoms with Gasteiger partial charge in [-0.3, -0.25) is 13.9 Å². The molecule has 0 radical (unpaired) electrons. The molecule has 1 heterocycles. The van der Waals surface area contributed by atoms with Gasteiger partial charge in [0.25, 0.3) is 5.56 Å². The van der Waals surface area contributed by atoms with Gasteiger partial charge in [0.2, 0.25) is 0 Å². The molecule has 9 heteroatoms. The highest BCUT2D eigenvalue weighted by Crippen LogP contribution is 2.25. The van der Waals surface area contributed by atoms with Crippen molar-refractivity contribution in [1.29, 1.82) is 0 Å². The first-order chi connectivity index (χ1) is 18.2. The molecule has 0 aliphatic carbocycles. The van der Waals surface area contributed by atoms with Crippen LogP contribution >= 0.6 is 0 Å². The van der Waals surface area contributed by atoms with Crippen LogP contribution in [0.15, 0.2) is 76.3 Å². The molecule has 1 N–H and O–H groups in total. The Morgan fingerprint density at radius 1 is 0.947 bits per heavy atom. The van der Waals surface area contributed by atoms with Gasteiger partial charge in [-0.25, -0.2) is 18.0 Å². The van der Waals surface area contributed by atoms with Gasteiger partial charge < -0.3 is 10.1 Å². The molecule has 0 saturated carbocycles. The predicted octanol–water partition coefficient (Wildman–Crippen LogP) is 4.81. The van der Waals surface area contributed by atoms with E-state index in [2.05, 4.69) is 5.32 Å². The minimum Gasteiger partial charge on any atom is -0.497 e. The first kappa shape index (κ1) is 26.9. The van der Waals surface area contributed by atoms with E-state index in [4.69, 9.17) is 4.74 Å². The molecule has 4 rings (SSSR count). The number of hydrogen-bond donors (Lipinski definition) is 1. The van der Waals surface area contributed by atoms with Gasteiger partial charge in [-0.15, -0.1) is 0 Å². The summed E-state index contributed by atoms with van der Waals surface area (Å²) in [5, 5.41) is 3.18. The maximum absolute atomic E-state index is 14.5. The molecule has 0 amide bonds. The summed E-state index contributed by atoms with van der Waals surface area (Å²) in [6.07, 6.45) is 0. The lowest BCUT2D eigenvalue weighted by molar-refractivity contribution is 0.415. The second-order valence-corrected chi connectivity index (χ2v) is 9.04. The zero-order valence-corrected chi connectivity index (χ0v) is 21.3. The van der Waals surface area contributed by atoms with Crippen molar-refractivity contribution < 1.29 is 17.9 Å². The van der Waals surface area contributed by atoms with E-state index in [0.29, 0.717) is 17.9 Å². The Morgan fingerprint density at radius 3 is 2.26 bits per heavy atom. The molecule has 0 aliphatic rings. The third-order valence-electron chi connectivity index (χ3n) is 6.50. The van der Waals surface area contributed by atoms with E-state index in [1.807, 2.05) is 0 Å². The zero-order valence-electron chi connectivity index (χ0n) is 21.3. The van der Waals surface area contributed by atoms with Gasteiger partial charge >= 0.3 is 5.69 Å².